The van der Waals surface area contributed by atoms with Crippen LogP contribution < -0.4 is 0 Å². The van der Waals surface area contributed by atoms with Crippen molar-refractivity contribution in [3.05, 3.63) is 35.4 Å². The van der Waals surface area contributed by atoms with E-state index in [-0.39, 0.29) is 11.1 Å². The second kappa shape index (κ2) is 5.01. The lowest BCUT2D eigenvalue weighted by Gasteiger charge is -2.34. The highest BCUT2D eigenvalue weighted by atomic mass is 31.2. The predicted octanol–water partition coefficient (Wildman–Crippen LogP) is 1.18. The highest BCUT2D eigenvalue weighted by Gasteiger charge is 2.47. The Balaban J connectivity index is 2.64. The van der Waals surface area contributed by atoms with Crippen molar-refractivity contribution >= 4 is 19.5 Å². The number of carboxylic acid groups (broad SMARTS) is 2. The molecule has 0 fully saturated rings. The number of carbonyl (C=O) groups is 2. The van der Waals surface area contributed by atoms with Gasteiger partial charge < -0.3 is 20.0 Å². The van der Waals surface area contributed by atoms with Gasteiger partial charge in [0.25, 0.3) is 0 Å². The SMILES string of the molecule is O=C(O)C1CC(P(=O)(O)O)c2ccccc2C1C(=O)O. The molecule has 0 saturated heterocycles. The van der Waals surface area contributed by atoms with Gasteiger partial charge in [0.2, 0.25) is 0 Å². The Bertz CT molecular complexity index is 606. The topological polar surface area (TPSA) is 132 Å². The predicted molar refractivity (Wildman–Crippen MR) is 67.3 cm³/mol. The molecule has 1 aromatic carbocycles. The largest absolute Gasteiger partial charge is 0.481 e. The van der Waals surface area contributed by atoms with Crippen LogP contribution in [0.15, 0.2) is 24.3 Å². The van der Waals surface area contributed by atoms with Crippen LogP contribution in [0.5, 0.6) is 0 Å². The zero-order valence-corrected chi connectivity index (χ0v) is 11.1. The summed E-state index contributed by atoms with van der Waals surface area (Å²) in [4.78, 5) is 41.3. The van der Waals surface area contributed by atoms with E-state index in [9.17, 15) is 29.0 Å². The van der Waals surface area contributed by atoms with Crippen LogP contribution >= 0.6 is 7.60 Å². The fraction of sp³-hybridized carbons (Fsp3) is 0.333. The first kappa shape index (κ1) is 14.7. The average Bonchev–Trinajstić information content (AvgIpc) is 2.34. The monoisotopic (exact) mass is 300 g/mol. The minimum Gasteiger partial charge on any atom is -0.481 e. The summed E-state index contributed by atoms with van der Waals surface area (Å²) >= 11 is 0. The molecule has 0 aliphatic heterocycles. The fourth-order valence-electron chi connectivity index (χ4n) is 2.68. The summed E-state index contributed by atoms with van der Waals surface area (Å²) in [6, 6.07) is 5.91. The molecule has 1 aliphatic rings. The molecule has 0 bridgehead atoms. The number of fused-ring (bicyclic) bond motifs is 1. The van der Waals surface area contributed by atoms with Gasteiger partial charge in [-0.25, -0.2) is 0 Å². The van der Waals surface area contributed by atoms with Crippen LogP contribution in [0.25, 0.3) is 0 Å². The number of hydrogen-bond acceptors (Lipinski definition) is 3. The van der Waals surface area contributed by atoms with Gasteiger partial charge in [-0.15, -0.1) is 0 Å². The minimum atomic E-state index is -4.56. The van der Waals surface area contributed by atoms with Crippen molar-refractivity contribution in [1.82, 2.24) is 0 Å². The van der Waals surface area contributed by atoms with Crippen LogP contribution in [-0.4, -0.2) is 31.9 Å². The van der Waals surface area contributed by atoms with Crippen LogP contribution in [0.2, 0.25) is 0 Å². The molecule has 1 aromatic rings. The smallest absolute Gasteiger partial charge is 0.332 e. The second-order valence-electron chi connectivity index (χ2n) is 4.73. The van der Waals surface area contributed by atoms with E-state index >= 15 is 0 Å². The molecule has 0 amide bonds. The minimum absolute atomic E-state index is 0.159. The van der Waals surface area contributed by atoms with Crippen molar-refractivity contribution < 1.29 is 34.2 Å². The van der Waals surface area contributed by atoms with Crippen LogP contribution in [0, 0.1) is 5.92 Å². The molecule has 2 rings (SSSR count). The zero-order chi connectivity index (χ0) is 15.1. The molecule has 0 radical (unpaired) electrons. The van der Waals surface area contributed by atoms with Gasteiger partial charge in [-0.1, -0.05) is 24.3 Å². The van der Waals surface area contributed by atoms with E-state index in [1.807, 2.05) is 0 Å². The lowest BCUT2D eigenvalue weighted by atomic mass is 9.75. The van der Waals surface area contributed by atoms with Crippen molar-refractivity contribution in [2.24, 2.45) is 5.92 Å². The van der Waals surface area contributed by atoms with E-state index in [2.05, 4.69) is 0 Å². The van der Waals surface area contributed by atoms with Gasteiger partial charge in [0.15, 0.2) is 0 Å². The van der Waals surface area contributed by atoms with Crippen molar-refractivity contribution in [2.75, 3.05) is 0 Å². The molecular weight excluding hydrogens is 287 g/mol. The van der Waals surface area contributed by atoms with E-state index < -0.39 is 43.5 Å². The summed E-state index contributed by atoms with van der Waals surface area (Å²) in [7, 11) is -4.56. The Kier molecular flexibility index (Phi) is 3.69. The summed E-state index contributed by atoms with van der Waals surface area (Å²) in [6.45, 7) is 0. The van der Waals surface area contributed by atoms with Gasteiger partial charge in [-0.05, 0) is 17.5 Å². The normalized spacial score (nSPS) is 25.8. The van der Waals surface area contributed by atoms with E-state index in [0.29, 0.717) is 0 Å². The van der Waals surface area contributed by atoms with Gasteiger partial charge in [0, 0.05) is 0 Å². The quantitative estimate of drug-likeness (QED) is 0.616. The molecule has 0 saturated carbocycles. The second-order valence-corrected chi connectivity index (χ2v) is 6.53. The van der Waals surface area contributed by atoms with Gasteiger partial charge in [-0.2, -0.15) is 0 Å². The van der Waals surface area contributed by atoms with E-state index in [4.69, 9.17) is 5.11 Å². The maximum absolute atomic E-state index is 11.5. The number of aliphatic carboxylic acids is 2. The number of carboxylic acids is 2. The summed E-state index contributed by atoms with van der Waals surface area (Å²) < 4.78 is 11.5. The molecular formula is C12H13O7P. The van der Waals surface area contributed by atoms with Crippen LogP contribution in [0.4, 0.5) is 0 Å². The Hall–Kier alpha value is -1.69. The Morgan fingerprint density at radius 2 is 1.60 bits per heavy atom. The van der Waals surface area contributed by atoms with Gasteiger partial charge in [-0.3, -0.25) is 14.2 Å². The number of hydrogen-bond donors (Lipinski definition) is 4. The van der Waals surface area contributed by atoms with E-state index in [1.54, 1.807) is 6.07 Å². The third-order valence-corrected chi connectivity index (χ3v) is 4.86. The lowest BCUT2D eigenvalue weighted by Crippen LogP contribution is -2.34. The molecule has 8 heteroatoms. The fourth-order valence-corrected chi connectivity index (χ4v) is 3.78. The highest BCUT2D eigenvalue weighted by Crippen LogP contribution is 2.59. The summed E-state index contributed by atoms with van der Waals surface area (Å²) in [6.07, 6.45) is -0.395. The summed E-state index contributed by atoms with van der Waals surface area (Å²) in [5.74, 6) is -5.34. The first-order valence-corrected chi connectivity index (χ1v) is 7.51. The van der Waals surface area contributed by atoms with Crippen molar-refractivity contribution in [3.8, 4) is 0 Å². The summed E-state index contributed by atoms with van der Waals surface area (Å²) in [5, 5.41) is 18.4. The van der Waals surface area contributed by atoms with Crippen LogP contribution in [0.1, 0.15) is 29.1 Å². The molecule has 20 heavy (non-hydrogen) atoms. The van der Waals surface area contributed by atoms with Crippen LogP contribution in [-0.2, 0) is 14.2 Å². The zero-order valence-electron chi connectivity index (χ0n) is 10.2. The Morgan fingerprint density at radius 1 is 1.05 bits per heavy atom. The Morgan fingerprint density at radius 3 is 2.05 bits per heavy atom. The maximum atomic E-state index is 11.5. The highest BCUT2D eigenvalue weighted by molar-refractivity contribution is 7.52. The maximum Gasteiger partial charge on any atom is 0.332 e. The number of benzene rings is 1. The van der Waals surface area contributed by atoms with Gasteiger partial charge >= 0.3 is 19.5 Å². The van der Waals surface area contributed by atoms with Crippen molar-refractivity contribution in [3.63, 3.8) is 0 Å². The Labute approximate surface area is 114 Å². The summed E-state index contributed by atoms with van der Waals surface area (Å²) in [5.41, 5.74) is -0.909. The molecule has 1 aliphatic carbocycles. The standard InChI is InChI=1S/C12H13O7P/c13-11(14)8-5-9(20(17,18)19)6-3-1-2-4-7(6)10(8)12(15)16/h1-4,8-10H,5H2,(H,13,14)(H,15,16)(H2,17,18,19). The lowest BCUT2D eigenvalue weighted by molar-refractivity contribution is -0.151. The van der Waals surface area contributed by atoms with Gasteiger partial charge in [0.05, 0.1) is 17.5 Å². The van der Waals surface area contributed by atoms with Crippen molar-refractivity contribution in [1.29, 1.82) is 0 Å². The molecule has 4 N–H and O–H groups in total. The third-order valence-electron chi connectivity index (χ3n) is 3.56. The van der Waals surface area contributed by atoms with Crippen molar-refractivity contribution in [2.45, 2.75) is 18.0 Å². The average molecular weight is 300 g/mol. The molecule has 3 atom stereocenters. The molecule has 7 nitrogen and oxygen atoms in total. The number of rotatable bonds is 3. The van der Waals surface area contributed by atoms with Gasteiger partial charge in [0.1, 0.15) is 0 Å². The molecule has 0 heterocycles. The van der Waals surface area contributed by atoms with E-state index in [1.165, 1.54) is 18.2 Å². The molecule has 3 unspecified atom stereocenters. The third kappa shape index (κ3) is 2.47. The molecule has 0 aromatic heterocycles. The molecule has 0 spiro atoms. The first-order chi connectivity index (χ1) is 9.23. The van der Waals surface area contributed by atoms with E-state index in [0.717, 1.165) is 0 Å². The van der Waals surface area contributed by atoms with Crippen LogP contribution in [0.3, 0.4) is 0 Å². The first-order valence-electron chi connectivity index (χ1n) is 5.83. The molecule has 108 valence electrons.